The van der Waals surface area contributed by atoms with Gasteiger partial charge in [0.05, 0.1) is 0 Å². The van der Waals surface area contributed by atoms with Crippen LogP contribution in [0.4, 0.5) is 0 Å². The number of fused-ring (bicyclic) bond motifs is 1. The molecule has 3 heteroatoms. The molecule has 2 saturated heterocycles. The normalized spacial score (nSPS) is 35.5. The summed E-state index contributed by atoms with van der Waals surface area (Å²) < 4.78 is 0. The minimum Gasteiger partial charge on any atom is -0.316 e. The SMILES string of the molecule is CC1(C)C2CNCC2CN1C(c1cccs1)C1CC1. The van der Waals surface area contributed by atoms with Gasteiger partial charge in [-0.05, 0) is 62.4 Å². The number of nitrogens with zero attached hydrogens (tertiary/aromatic N) is 1. The quantitative estimate of drug-likeness (QED) is 0.912. The molecule has 3 fully saturated rings. The minimum absolute atomic E-state index is 0.353. The van der Waals surface area contributed by atoms with E-state index in [2.05, 4.69) is 41.6 Å². The largest absolute Gasteiger partial charge is 0.316 e. The highest BCUT2D eigenvalue weighted by atomic mass is 32.1. The molecule has 0 bridgehead atoms. The van der Waals surface area contributed by atoms with E-state index >= 15 is 0 Å². The molecule has 0 aromatic carbocycles. The van der Waals surface area contributed by atoms with Crippen LogP contribution in [0.15, 0.2) is 17.5 Å². The minimum atomic E-state index is 0.353. The molecule has 1 aromatic rings. The van der Waals surface area contributed by atoms with E-state index in [0.29, 0.717) is 11.6 Å². The molecule has 1 aliphatic carbocycles. The average molecular weight is 276 g/mol. The van der Waals surface area contributed by atoms with Gasteiger partial charge in [0.25, 0.3) is 0 Å². The maximum absolute atomic E-state index is 3.59. The highest BCUT2D eigenvalue weighted by Crippen LogP contribution is 2.53. The smallest absolute Gasteiger partial charge is 0.0475 e. The first kappa shape index (κ1) is 12.4. The Bertz CT molecular complexity index is 449. The summed E-state index contributed by atoms with van der Waals surface area (Å²) in [4.78, 5) is 4.45. The van der Waals surface area contributed by atoms with Crippen molar-refractivity contribution in [1.82, 2.24) is 10.2 Å². The van der Waals surface area contributed by atoms with Gasteiger partial charge in [0.1, 0.15) is 0 Å². The van der Waals surface area contributed by atoms with Gasteiger partial charge in [-0.2, -0.15) is 0 Å². The van der Waals surface area contributed by atoms with Crippen molar-refractivity contribution in [2.75, 3.05) is 19.6 Å². The summed E-state index contributed by atoms with van der Waals surface area (Å²) in [6.45, 7) is 8.70. The van der Waals surface area contributed by atoms with Crippen molar-refractivity contribution in [3.8, 4) is 0 Å². The fourth-order valence-electron chi connectivity index (χ4n) is 4.44. The van der Waals surface area contributed by atoms with E-state index in [9.17, 15) is 0 Å². The molecule has 0 amide bonds. The molecule has 3 aliphatic rings. The predicted molar refractivity (Wildman–Crippen MR) is 80.4 cm³/mol. The topological polar surface area (TPSA) is 15.3 Å². The summed E-state index contributed by atoms with van der Waals surface area (Å²) in [6, 6.07) is 5.28. The van der Waals surface area contributed by atoms with Gasteiger partial charge in [0.2, 0.25) is 0 Å². The summed E-state index contributed by atoms with van der Waals surface area (Å²) in [7, 11) is 0. The molecule has 1 saturated carbocycles. The summed E-state index contributed by atoms with van der Waals surface area (Å²) >= 11 is 1.96. The number of likely N-dealkylation sites (tertiary alicyclic amines) is 1. The van der Waals surface area contributed by atoms with Gasteiger partial charge in [-0.25, -0.2) is 0 Å². The van der Waals surface area contributed by atoms with Crippen molar-refractivity contribution >= 4 is 11.3 Å². The highest BCUT2D eigenvalue weighted by molar-refractivity contribution is 7.10. The molecule has 0 spiro atoms. The molecule has 4 rings (SSSR count). The van der Waals surface area contributed by atoms with Crippen molar-refractivity contribution in [2.24, 2.45) is 17.8 Å². The molecule has 2 nitrogen and oxygen atoms in total. The van der Waals surface area contributed by atoms with Crippen LogP contribution in [0.2, 0.25) is 0 Å². The van der Waals surface area contributed by atoms with Gasteiger partial charge < -0.3 is 5.32 Å². The maximum Gasteiger partial charge on any atom is 0.0475 e. The molecule has 0 radical (unpaired) electrons. The lowest BCUT2D eigenvalue weighted by Gasteiger charge is -2.41. The lowest BCUT2D eigenvalue weighted by Crippen LogP contribution is -2.46. The third kappa shape index (κ3) is 1.90. The second-order valence-corrected chi connectivity index (χ2v) is 8.11. The van der Waals surface area contributed by atoms with Crippen LogP contribution in [0.5, 0.6) is 0 Å². The van der Waals surface area contributed by atoms with Crippen LogP contribution in [0, 0.1) is 17.8 Å². The number of hydrogen-bond donors (Lipinski definition) is 1. The lowest BCUT2D eigenvalue weighted by molar-refractivity contribution is 0.0783. The van der Waals surface area contributed by atoms with Gasteiger partial charge in [-0.15, -0.1) is 11.3 Å². The Morgan fingerprint density at radius 1 is 1.37 bits per heavy atom. The van der Waals surface area contributed by atoms with E-state index in [1.165, 1.54) is 32.5 Å². The van der Waals surface area contributed by atoms with Crippen LogP contribution >= 0.6 is 11.3 Å². The maximum atomic E-state index is 3.59. The van der Waals surface area contributed by atoms with Gasteiger partial charge in [0, 0.05) is 29.5 Å². The van der Waals surface area contributed by atoms with Gasteiger partial charge >= 0.3 is 0 Å². The molecule has 19 heavy (non-hydrogen) atoms. The van der Waals surface area contributed by atoms with E-state index in [4.69, 9.17) is 0 Å². The Hall–Kier alpha value is -0.380. The number of hydrogen-bond acceptors (Lipinski definition) is 3. The van der Waals surface area contributed by atoms with Gasteiger partial charge in [0.15, 0.2) is 0 Å². The standard InChI is InChI=1S/C16H24N2S/c1-16(2)13-9-17-8-12(13)10-18(16)15(11-5-6-11)14-4-3-7-19-14/h3-4,7,11-13,15,17H,5-6,8-10H2,1-2H3. The van der Waals surface area contributed by atoms with E-state index in [-0.39, 0.29) is 0 Å². The highest BCUT2D eigenvalue weighted by Gasteiger charge is 2.54. The number of thiophene rings is 1. The second-order valence-electron chi connectivity index (χ2n) is 7.13. The molecular formula is C16H24N2S. The zero-order valence-electron chi connectivity index (χ0n) is 11.9. The van der Waals surface area contributed by atoms with Crippen LogP contribution in [0.25, 0.3) is 0 Å². The Morgan fingerprint density at radius 3 is 2.84 bits per heavy atom. The van der Waals surface area contributed by atoms with Crippen molar-refractivity contribution in [3.05, 3.63) is 22.4 Å². The van der Waals surface area contributed by atoms with Gasteiger partial charge in [-0.1, -0.05) is 6.07 Å². The molecule has 3 heterocycles. The zero-order chi connectivity index (χ0) is 13.0. The monoisotopic (exact) mass is 276 g/mol. The van der Waals surface area contributed by atoms with Crippen molar-refractivity contribution < 1.29 is 0 Å². The molecule has 1 N–H and O–H groups in total. The Kier molecular flexibility index (Phi) is 2.80. The summed E-state index contributed by atoms with van der Waals surface area (Å²) in [5, 5.41) is 5.84. The fourth-order valence-corrected chi connectivity index (χ4v) is 5.37. The Balaban J connectivity index is 1.67. The molecule has 1 aromatic heterocycles. The first-order valence-corrected chi connectivity index (χ1v) is 8.57. The van der Waals surface area contributed by atoms with Crippen LogP contribution < -0.4 is 5.32 Å². The number of rotatable bonds is 3. The lowest BCUT2D eigenvalue weighted by atomic mass is 9.84. The van der Waals surface area contributed by atoms with Crippen LogP contribution in [-0.2, 0) is 0 Å². The van der Waals surface area contributed by atoms with Crippen molar-refractivity contribution in [3.63, 3.8) is 0 Å². The molecule has 3 unspecified atom stereocenters. The third-order valence-electron chi connectivity index (χ3n) is 5.66. The van der Waals surface area contributed by atoms with Crippen molar-refractivity contribution in [1.29, 1.82) is 0 Å². The molecular weight excluding hydrogens is 252 g/mol. The van der Waals surface area contributed by atoms with Crippen molar-refractivity contribution in [2.45, 2.75) is 38.3 Å². The van der Waals surface area contributed by atoms with E-state index in [1.807, 2.05) is 11.3 Å². The first-order valence-electron chi connectivity index (χ1n) is 7.69. The fraction of sp³-hybridized carbons (Fsp3) is 0.750. The van der Waals surface area contributed by atoms with Gasteiger partial charge in [-0.3, -0.25) is 4.90 Å². The number of nitrogens with one attached hydrogen (secondary N) is 1. The average Bonchev–Trinajstić information content (AvgIpc) is 2.81. The molecule has 3 atom stereocenters. The van der Waals surface area contributed by atoms with Crippen LogP contribution in [0.1, 0.15) is 37.6 Å². The third-order valence-corrected chi connectivity index (χ3v) is 6.60. The van der Waals surface area contributed by atoms with E-state index in [1.54, 1.807) is 4.88 Å². The van der Waals surface area contributed by atoms with E-state index < -0.39 is 0 Å². The van der Waals surface area contributed by atoms with E-state index in [0.717, 1.165) is 17.8 Å². The summed E-state index contributed by atoms with van der Waals surface area (Å²) in [5.74, 6) is 2.63. The van der Waals surface area contributed by atoms with Crippen LogP contribution in [-0.4, -0.2) is 30.1 Å². The Morgan fingerprint density at radius 2 is 2.21 bits per heavy atom. The zero-order valence-corrected chi connectivity index (χ0v) is 12.7. The first-order chi connectivity index (χ1) is 9.18. The molecule has 2 aliphatic heterocycles. The predicted octanol–water partition coefficient (Wildman–Crippen LogP) is 3.13. The molecule has 104 valence electrons. The van der Waals surface area contributed by atoms with Crippen LogP contribution in [0.3, 0.4) is 0 Å². The Labute approximate surface area is 120 Å². The second kappa shape index (κ2) is 4.31. The summed E-state index contributed by atoms with van der Waals surface area (Å²) in [5.41, 5.74) is 0.353. The summed E-state index contributed by atoms with van der Waals surface area (Å²) in [6.07, 6.45) is 2.87.